The zero-order valence-corrected chi connectivity index (χ0v) is 41.7. The van der Waals surface area contributed by atoms with Crippen molar-refractivity contribution in [2.75, 3.05) is 39.8 Å². The number of carbonyl (C=O) groups excluding carboxylic acids is 8. The molecule has 0 aromatic rings. The number of carbonyl (C=O) groups is 8. The Bertz CT molecular complexity index is 1620. The second kappa shape index (κ2) is 36.5. The van der Waals surface area contributed by atoms with Crippen LogP contribution in [0.5, 0.6) is 0 Å². The van der Waals surface area contributed by atoms with Gasteiger partial charge in [-0.25, -0.2) is 0 Å². The van der Waals surface area contributed by atoms with E-state index >= 15 is 0 Å². The number of nitrogens with two attached hydrogens (primary N) is 5. The van der Waals surface area contributed by atoms with Crippen molar-refractivity contribution in [1.82, 2.24) is 37.2 Å². The lowest BCUT2D eigenvalue weighted by Gasteiger charge is -2.28. The quantitative estimate of drug-likeness (QED) is 0.0152. The van der Waals surface area contributed by atoms with Gasteiger partial charge in [-0.05, 0) is 76.7 Å². The maximum absolute atomic E-state index is 14.1. The first-order valence-electron chi connectivity index (χ1n) is 24.1. The highest BCUT2D eigenvalue weighted by molar-refractivity contribution is 5.96. The molecule has 1 unspecified atom stereocenters. The van der Waals surface area contributed by atoms with Crippen molar-refractivity contribution in [3.8, 4) is 0 Å². The van der Waals surface area contributed by atoms with E-state index in [1.807, 2.05) is 0 Å². The lowest BCUT2D eigenvalue weighted by molar-refractivity contribution is -0.141. The molecule has 17 N–H and O–H groups in total. The number of amides is 6. The summed E-state index contributed by atoms with van der Waals surface area (Å²) < 4.78 is 4.55. The number of hydrogen-bond acceptors (Lipinski definition) is 13. The smallest absolute Gasteiger partial charge is 0.325 e. The van der Waals surface area contributed by atoms with Crippen LogP contribution in [-0.4, -0.2) is 135 Å². The zero-order chi connectivity index (χ0) is 51.6. The first kappa shape index (κ1) is 62.4. The Kier molecular flexibility index (Phi) is 33.5. The number of nitrogens with zero attached hydrogens (tertiary/aromatic N) is 2. The minimum absolute atomic E-state index is 0.0861. The number of unbranched alkanes of at least 4 members (excludes halogenated alkanes) is 7. The van der Waals surface area contributed by atoms with E-state index in [0.717, 1.165) is 32.1 Å². The van der Waals surface area contributed by atoms with Crippen LogP contribution in [0.2, 0.25) is 0 Å². The Balaban J connectivity index is 6.19. The molecule has 0 aromatic carbocycles. The molecule has 0 spiro atoms. The Labute approximate surface area is 403 Å². The third kappa shape index (κ3) is 28.6. The van der Waals surface area contributed by atoms with Crippen LogP contribution in [0, 0.1) is 11.8 Å². The zero-order valence-electron chi connectivity index (χ0n) is 41.7. The van der Waals surface area contributed by atoms with Gasteiger partial charge < -0.3 is 65.3 Å². The van der Waals surface area contributed by atoms with E-state index in [1.54, 1.807) is 27.7 Å². The predicted octanol–water partition coefficient (Wildman–Crippen LogP) is -1.06. The minimum atomic E-state index is -1.16. The van der Waals surface area contributed by atoms with E-state index in [0.29, 0.717) is 32.2 Å². The highest BCUT2D eigenvalue weighted by Gasteiger charge is 2.33. The monoisotopic (exact) mass is 967 g/mol. The summed E-state index contributed by atoms with van der Waals surface area (Å²) in [5.74, 6) is -5.68. The lowest BCUT2D eigenvalue weighted by Crippen LogP contribution is -2.59. The molecule has 0 aliphatic carbocycles. The molecule has 0 radical (unpaired) electrons. The van der Waals surface area contributed by atoms with Crippen LogP contribution < -0.4 is 65.9 Å². The van der Waals surface area contributed by atoms with Crippen molar-refractivity contribution >= 4 is 59.1 Å². The van der Waals surface area contributed by atoms with Crippen LogP contribution in [0.15, 0.2) is 9.98 Å². The highest BCUT2D eigenvalue weighted by atomic mass is 16.5. The molecule has 0 aliphatic heterocycles. The number of ketones is 1. The molecule has 390 valence electrons. The Morgan fingerprint density at radius 3 is 1.56 bits per heavy atom. The maximum Gasteiger partial charge on any atom is 0.325 e. The molecule has 0 rings (SSSR count). The number of esters is 1. The second-order valence-corrected chi connectivity index (χ2v) is 17.6. The van der Waals surface area contributed by atoms with Gasteiger partial charge in [-0.15, -0.1) is 0 Å². The summed E-state index contributed by atoms with van der Waals surface area (Å²) >= 11 is 0. The van der Waals surface area contributed by atoms with Gasteiger partial charge in [0.05, 0.1) is 25.7 Å². The molecule has 0 fully saturated rings. The molecule has 6 atom stereocenters. The summed E-state index contributed by atoms with van der Waals surface area (Å²) in [4.78, 5) is 114. The van der Waals surface area contributed by atoms with Crippen molar-refractivity contribution in [3.05, 3.63) is 0 Å². The summed E-state index contributed by atoms with van der Waals surface area (Å²) in [5, 5.41) is 19.0. The summed E-state index contributed by atoms with van der Waals surface area (Å²) in [6.45, 7) is 10.4. The molecule has 0 bridgehead atoms. The molecule has 68 heavy (non-hydrogen) atoms. The van der Waals surface area contributed by atoms with Crippen LogP contribution >= 0.6 is 0 Å². The highest BCUT2D eigenvalue weighted by Crippen LogP contribution is 2.12. The summed E-state index contributed by atoms with van der Waals surface area (Å²) in [5.41, 5.74) is 27.7. The van der Waals surface area contributed by atoms with Crippen molar-refractivity contribution in [3.63, 3.8) is 0 Å². The molecule has 0 aromatic heterocycles. The summed E-state index contributed by atoms with van der Waals surface area (Å²) in [6, 6.07) is -6.39. The fourth-order valence-electron chi connectivity index (χ4n) is 6.81. The summed E-state index contributed by atoms with van der Waals surface area (Å²) in [6.07, 6.45) is 9.40. The van der Waals surface area contributed by atoms with Crippen LogP contribution in [0.25, 0.3) is 0 Å². The number of hydrogen-bond donors (Lipinski definition) is 12. The lowest BCUT2D eigenvalue weighted by atomic mass is 10.00. The number of rotatable bonds is 38. The van der Waals surface area contributed by atoms with Crippen LogP contribution in [0.4, 0.5) is 0 Å². The second-order valence-electron chi connectivity index (χ2n) is 17.6. The molecule has 23 heteroatoms. The van der Waals surface area contributed by atoms with Gasteiger partial charge in [-0.3, -0.25) is 53.7 Å². The molecule has 0 heterocycles. The van der Waals surface area contributed by atoms with Crippen LogP contribution in [0.1, 0.15) is 138 Å². The Morgan fingerprint density at radius 1 is 0.529 bits per heavy atom. The number of nitrogens with one attached hydrogen (secondary N) is 7. The topological polar surface area (TPSA) is 385 Å². The van der Waals surface area contributed by atoms with Gasteiger partial charge in [-0.2, -0.15) is 0 Å². The van der Waals surface area contributed by atoms with E-state index in [-0.39, 0.29) is 82.0 Å². The third-order valence-electron chi connectivity index (χ3n) is 10.9. The van der Waals surface area contributed by atoms with E-state index in [2.05, 4.69) is 58.9 Å². The number of aliphatic imine (C=N–C) groups is 2. The summed E-state index contributed by atoms with van der Waals surface area (Å²) in [7, 11) is 1.18. The third-order valence-corrected chi connectivity index (χ3v) is 10.9. The first-order chi connectivity index (χ1) is 32.2. The van der Waals surface area contributed by atoms with Gasteiger partial charge in [0.2, 0.25) is 35.4 Å². The van der Waals surface area contributed by atoms with Gasteiger partial charge in [0, 0.05) is 19.5 Å². The van der Waals surface area contributed by atoms with E-state index in [4.69, 9.17) is 28.7 Å². The van der Waals surface area contributed by atoms with Crippen molar-refractivity contribution in [2.24, 2.45) is 50.5 Å². The fraction of sp³-hybridized carbons (Fsp3) is 0.778. The molecule has 0 saturated heterocycles. The number of ether oxygens (including phenoxy) is 1. The number of methoxy groups -OCH3 is 1. The number of guanidine groups is 2. The predicted molar refractivity (Wildman–Crippen MR) is 262 cm³/mol. The molecule has 6 amide bonds. The number of Topliss-reactive ketones (excluding diaryl/α,β-unsaturated/α-hetero) is 1. The van der Waals surface area contributed by atoms with E-state index in [1.165, 1.54) is 20.5 Å². The van der Waals surface area contributed by atoms with Gasteiger partial charge in [0.15, 0.2) is 17.7 Å². The van der Waals surface area contributed by atoms with Gasteiger partial charge >= 0.3 is 5.97 Å². The first-order valence-corrected chi connectivity index (χ1v) is 24.1. The Hall–Kier alpha value is -5.58. The average Bonchev–Trinajstić information content (AvgIpc) is 3.28. The largest absolute Gasteiger partial charge is 0.468 e. The Morgan fingerprint density at radius 2 is 1.01 bits per heavy atom. The van der Waals surface area contributed by atoms with Gasteiger partial charge in [0.1, 0.15) is 30.7 Å². The molecule has 0 aliphatic rings. The van der Waals surface area contributed by atoms with Crippen LogP contribution in [-0.2, 0) is 43.1 Å². The van der Waals surface area contributed by atoms with E-state index < -0.39 is 83.5 Å². The van der Waals surface area contributed by atoms with Crippen molar-refractivity contribution in [2.45, 2.75) is 174 Å². The van der Waals surface area contributed by atoms with Crippen LogP contribution in [0.3, 0.4) is 0 Å². The van der Waals surface area contributed by atoms with E-state index in [9.17, 15) is 38.4 Å². The molecule has 0 saturated carbocycles. The van der Waals surface area contributed by atoms with Gasteiger partial charge in [-0.1, -0.05) is 73.1 Å². The minimum Gasteiger partial charge on any atom is -0.468 e. The maximum atomic E-state index is 14.1. The molecular formula is C45H86N14O9. The van der Waals surface area contributed by atoms with Crippen molar-refractivity contribution < 1.29 is 43.1 Å². The normalized spacial score (nSPS) is 13.7. The average molecular weight is 967 g/mol. The fourth-order valence-corrected chi connectivity index (χ4v) is 6.81. The standard InChI is InChI=1S/C45H86N14O9/c1-8-9-10-11-12-13-14-22-35(61)55-32(21-18-25-52-45(49)50)41(65)59-38(29(4)5)43(67)57-33(19-15-16-23-46)40(64)56-31(20-17-24-51-44(47)48)34(60)26-53-30(6)39(63)58-37(28(2)3)42(66)54-27-36(62)68-7/h28-33,37-38,53H,8-27,46H2,1-7H3,(H,54,66)(H,55,61)(H,56,64)(H,57,67)(H,58,63)(H,59,65)(H4,47,48,51)(H4,49,50,52)/t30-,31?,32-,33-,37-,38-/m0/s1. The SMILES string of the molecule is CCCCCCCCCC(=O)N[C@@H](CCCN=C(N)N)C(=O)N[C@H](C(=O)N[C@@H](CCCCN)C(=O)NC(CCCN=C(N)N)C(=O)CN[C@@H](C)C(=O)N[C@H](C(=O)NCC(=O)OC)C(C)C)C(C)C. The van der Waals surface area contributed by atoms with Crippen molar-refractivity contribution in [1.29, 1.82) is 0 Å². The molecule has 23 nitrogen and oxygen atoms in total. The van der Waals surface area contributed by atoms with Gasteiger partial charge in [0.25, 0.3) is 0 Å². The molecular weight excluding hydrogens is 881 g/mol.